The van der Waals surface area contributed by atoms with E-state index in [4.69, 9.17) is 9.47 Å². The Morgan fingerprint density at radius 3 is 2.79 bits per heavy atom. The number of hydrogen-bond donors (Lipinski definition) is 0. The molecule has 1 atom stereocenters. The third-order valence-corrected chi connectivity index (χ3v) is 2.40. The molecule has 0 N–H and O–H groups in total. The number of carbonyl (C=O) groups is 1. The summed E-state index contributed by atoms with van der Waals surface area (Å²) in [4.78, 5) is 11.1. The Morgan fingerprint density at radius 2 is 2.11 bits per heavy atom. The van der Waals surface area contributed by atoms with E-state index in [1.165, 1.54) is 13.2 Å². The van der Waals surface area contributed by atoms with Crippen LogP contribution in [0.15, 0.2) is 30.3 Å². The van der Waals surface area contributed by atoms with E-state index in [1.807, 2.05) is 38.1 Å². The molecule has 0 aliphatic heterocycles. The van der Waals surface area contributed by atoms with Crippen LogP contribution in [0.25, 0.3) is 6.08 Å². The first-order chi connectivity index (χ1) is 9.17. The van der Waals surface area contributed by atoms with Crippen LogP contribution in [0.5, 0.6) is 5.75 Å². The van der Waals surface area contributed by atoms with E-state index >= 15 is 0 Å². The first kappa shape index (κ1) is 15.2. The Labute approximate surface area is 114 Å². The van der Waals surface area contributed by atoms with Crippen LogP contribution in [0.2, 0.25) is 0 Å². The molecular formula is C15H20O4. The molecule has 4 nitrogen and oxygen atoms in total. The van der Waals surface area contributed by atoms with Gasteiger partial charge < -0.3 is 14.2 Å². The van der Waals surface area contributed by atoms with Gasteiger partial charge in [-0.15, -0.1) is 0 Å². The molecule has 0 amide bonds. The van der Waals surface area contributed by atoms with Gasteiger partial charge in [0.15, 0.2) is 0 Å². The van der Waals surface area contributed by atoms with Gasteiger partial charge in [0.05, 0.1) is 13.7 Å². The summed E-state index contributed by atoms with van der Waals surface area (Å²) in [6, 6.07) is 7.51. The first-order valence-electron chi connectivity index (χ1n) is 6.26. The van der Waals surface area contributed by atoms with E-state index in [-0.39, 0.29) is 6.10 Å². The highest BCUT2D eigenvalue weighted by Crippen LogP contribution is 2.20. The average Bonchev–Trinajstić information content (AvgIpc) is 2.43. The average molecular weight is 264 g/mol. The molecule has 104 valence electrons. The summed E-state index contributed by atoms with van der Waals surface area (Å²) in [5, 5.41) is 0. The van der Waals surface area contributed by atoms with E-state index in [1.54, 1.807) is 6.08 Å². The zero-order chi connectivity index (χ0) is 14.1. The van der Waals surface area contributed by atoms with E-state index in [9.17, 15) is 4.79 Å². The lowest BCUT2D eigenvalue weighted by Gasteiger charge is -2.16. The molecule has 0 spiro atoms. The topological polar surface area (TPSA) is 44.8 Å². The zero-order valence-electron chi connectivity index (χ0n) is 11.6. The third kappa shape index (κ3) is 5.57. The lowest BCUT2D eigenvalue weighted by molar-refractivity contribution is -0.134. The Kier molecular flexibility index (Phi) is 6.68. The summed E-state index contributed by atoms with van der Waals surface area (Å²) in [5.74, 6) is 0.326. The number of esters is 1. The minimum Gasteiger partial charge on any atom is -0.488 e. The molecule has 1 rings (SSSR count). The molecule has 0 saturated carbocycles. The second-order valence-corrected chi connectivity index (χ2v) is 3.98. The third-order valence-electron chi connectivity index (χ3n) is 2.40. The van der Waals surface area contributed by atoms with Gasteiger partial charge in [0, 0.05) is 18.2 Å². The van der Waals surface area contributed by atoms with Gasteiger partial charge in [-0.1, -0.05) is 18.2 Å². The SMILES string of the molecule is CCOCC(C)Oc1ccccc1/C=C/C(=O)OC. The molecule has 0 saturated heterocycles. The molecule has 0 heterocycles. The van der Waals surface area contributed by atoms with Gasteiger partial charge >= 0.3 is 5.97 Å². The Bertz CT molecular complexity index is 426. The largest absolute Gasteiger partial charge is 0.488 e. The minimum absolute atomic E-state index is 0.0485. The summed E-state index contributed by atoms with van der Waals surface area (Å²) in [5.41, 5.74) is 0.830. The highest BCUT2D eigenvalue weighted by Gasteiger charge is 2.06. The predicted octanol–water partition coefficient (Wildman–Crippen LogP) is 2.68. The van der Waals surface area contributed by atoms with Gasteiger partial charge in [0.1, 0.15) is 11.9 Å². The van der Waals surface area contributed by atoms with Crippen LogP contribution >= 0.6 is 0 Å². The summed E-state index contributed by atoms with van der Waals surface area (Å²) < 4.78 is 15.7. The van der Waals surface area contributed by atoms with Crippen LogP contribution in [0, 0.1) is 0 Å². The van der Waals surface area contributed by atoms with Gasteiger partial charge in [-0.2, -0.15) is 0 Å². The molecule has 1 aromatic rings. The molecule has 0 aliphatic rings. The lowest BCUT2D eigenvalue weighted by atomic mass is 10.2. The van der Waals surface area contributed by atoms with Crippen molar-refractivity contribution in [2.75, 3.05) is 20.3 Å². The standard InChI is InChI=1S/C15H20O4/c1-4-18-11-12(2)19-14-8-6-5-7-13(14)9-10-15(16)17-3/h5-10,12H,4,11H2,1-3H3/b10-9+. The smallest absolute Gasteiger partial charge is 0.330 e. The molecule has 4 heteroatoms. The molecule has 1 unspecified atom stereocenters. The minimum atomic E-state index is -0.392. The number of ether oxygens (including phenoxy) is 3. The van der Waals surface area contributed by atoms with Gasteiger partial charge in [0.25, 0.3) is 0 Å². The fourth-order valence-electron chi connectivity index (χ4n) is 1.49. The van der Waals surface area contributed by atoms with Crippen molar-refractivity contribution in [2.45, 2.75) is 20.0 Å². The molecule has 19 heavy (non-hydrogen) atoms. The highest BCUT2D eigenvalue weighted by molar-refractivity contribution is 5.87. The fraction of sp³-hybridized carbons (Fsp3) is 0.400. The summed E-state index contributed by atoms with van der Waals surface area (Å²) >= 11 is 0. The first-order valence-corrected chi connectivity index (χ1v) is 6.26. The maximum atomic E-state index is 11.1. The number of benzene rings is 1. The number of rotatable bonds is 7. The van der Waals surface area contributed by atoms with Crippen LogP contribution in [0.4, 0.5) is 0 Å². The summed E-state index contributed by atoms with van der Waals surface area (Å²) in [6.45, 7) is 5.08. The van der Waals surface area contributed by atoms with Crippen molar-refractivity contribution in [2.24, 2.45) is 0 Å². The quantitative estimate of drug-likeness (QED) is 0.561. The van der Waals surface area contributed by atoms with Crippen LogP contribution in [0.1, 0.15) is 19.4 Å². The van der Waals surface area contributed by atoms with Crippen molar-refractivity contribution in [3.63, 3.8) is 0 Å². The highest BCUT2D eigenvalue weighted by atomic mass is 16.5. The van der Waals surface area contributed by atoms with Crippen LogP contribution in [0.3, 0.4) is 0 Å². The zero-order valence-corrected chi connectivity index (χ0v) is 11.6. The van der Waals surface area contributed by atoms with Crippen LogP contribution in [-0.2, 0) is 14.3 Å². The summed E-state index contributed by atoms with van der Waals surface area (Å²) in [7, 11) is 1.35. The predicted molar refractivity (Wildman–Crippen MR) is 74.1 cm³/mol. The molecule has 0 bridgehead atoms. The van der Waals surface area contributed by atoms with Crippen molar-refractivity contribution < 1.29 is 19.0 Å². The summed E-state index contributed by atoms with van der Waals surface area (Å²) in [6.07, 6.45) is 3.00. The van der Waals surface area contributed by atoms with Crippen molar-refractivity contribution in [3.05, 3.63) is 35.9 Å². The van der Waals surface area contributed by atoms with Crippen molar-refractivity contribution in [3.8, 4) is 5.75 Å². The van der Waals surface area contributed by atoms with Gasteiger partial charge in [-0.25, -0.2) is 4.79 Å². The number of hydrogen-bond acceptors (Lipinski definition) is 4. The molecule has 0 fully saturated rings. The number of methoxy groups -OCH3 is 1. The van der Waals surface area contributed by atoms with Gasteiger partial charge in [-0.05, 0) is 26.0 Å². The Hall–Kier alpha value is -1.81. The van der Waals surface area contributed by atoms with E-state index in [2.05, 4.69) is 4.74 Å². The monoisotopic (exact) mass is 264 g/mol. The number of para-hydroxylation sites is 1. The molecule has 0 radical (unpaired) electrons. The maximum absolute atomic E-state index is 11.1. The van der Waals surface area contributed by atoms with E-state index in [0.717, 1.165) is 11.3 Å². The normalized spacial score (nSPS) is 12.4. The van der Waals surface area contributed by atoms with Crippen molar-refractivity contribution >= 4 is 12.0 Å². The molecule has 1 aromatic carbocycles. The Morgan fingerprint density at radius 1 is 1.37 bits per heavy atom. The Balaban J connectivity index is 2.72. The fourth-order valence-corrected chi connectivity index (χ4v) is 1.49. The lowest BCUT2D eigenvalue weighted by Crippen LogP contribution is -2.19. The van der Waals surface area contributed by atoms with Crippen LogP contribution < -0.4 is 4.74 Å². The maximum Gasteiger partial charge on any atom is 0.330 e. The van der Waals surface area contributed by atoms with Crippen molar-refractivity contribution in [1.82, 2.24) is 0 Å². The molecule has 0 aromatic heterocycles. The van der Waals surface area contributed by atoms with Gasteiger partial charge in [-0.3, -0.25) is 0 Å². The second-order valence-electron chi connectivity index (χ2n) is 3.98. The number of carbonyl (C=O) groups excluding carboxylic acids is 1. The molecule has 0 aliphatic carbocycles. The van der Waals surface area contributed by atoms with E-state index < -0.39 is 5.97 Å². The van der Waals surface area contributed by atoms with Crippen LogP contribution in [-0.4, -0.2) is 32.4 Å². The second kappa shape index (κ2) is 8.32. The molecular weight excluding hydrogens is 244 g/mol. The van der Waals surface area contributed by atoms with Crippen molar-refractivity contribution in [1.29, 1.82) is 0 Å². The van der Waals surface area contributed by atoms with Gasteiger partial charge in [0.2, 0.25) is 0 Å². The van der Waals surface area contributed by atoms with E-state index in [0.29, 0.717) is 13.2 Å².